The summed E-state index contributed by atoms with van der Waals surface area (Å²) in [5.74, 6) is -0.973. The van der Waals surface area contributed by atoms with Gasteiger partial charge in [-0.25, -0.2) is 4.79 Å². The average Bonchev–Trinajstić information content (AvgIpc) is 2.66. The maximum atomic E-state index is 11.7. The Bertz CT molecular complexity index is 982. The summed E-state index contributed by atoms with van der Waals surface area (Å²) >= 11 is 0. The minimum absolute atomic E-state index is 0.123. The maximum absolute atomic E-state index is 11.7. The van der Waals surface area contributed by atoms with Gasteiger partial charge in [0.25, 0.3) is 0 Å². The Morgan fingerprint density at radius 3 is 2.11 bits per heavy atom. The Kier molecular flexibility index (Phi) is 5.19. The molecule has 0 atom stereocenters. The van der Waals surface area contributed by atoms with Gasteiger partial charge in [0.15, 0.2) is 0 Å². The second-order valence-corrected chi connectivity index (χ2v) is 6.42. The smallest absolute Gasteiger partial charge is 0.339 e. The first-order valence-corrected chi connectivity index (χ1v) is 8.42. The molecule has 6 heteroatoms. The molecule has 0 bridgehead atoms. The van der Waals surface area contributed by atoms with E-state index in [1.807, 2.05) is 36.2 Å². The Morgan fingerprint density at radius 1 is 0.963 bits per heavy atom. The molecule has 0 aliphatic heterocycles. The Hall–Kier alpha value is -3.25. The van der Waals surface area contributed by atoms with E-state index in [0.717, 1.165) is 11.3 Å². The molecule has 0 saturated heterocycles. The van der Waals surface area contributed by atoms with Crippen LogP contribution in [0.15, 0.2) is 48.5 Å². The number of carboxylic acids is 1. The molecule has 3 aromatic carbocycles. The lowest BCUT2D eigenvalue weighted by Crippen LogP contribution is -2.19. The van der Waals surface area contributed by atoms with E-state index >= 15 is 0 Å². The number of phenolic OH excluding ortho intramolecular Hbond substituents is 1. The minimum atomic E-state index is -1.28. The van der Waals surface area contributed by atoms with Crippen molar-refractivity contribution >= 4 is 16.7 Å². The lowest BCUT2D eigenvalue weighted by molar-refractivity contribution is 0.0691. The summed E-state index contributed by atoms with van der Waals surface area (Å²) < 4.78 is 5.14. The third-order valence-electron chi connectivity index (χ3n) is 4.52. The fraction of sp³-hybridized carbons (Fsp3) is 0.190. The summed E-state index contributed by atoms with van der Waals surface area (Å²) in [6.07, 6.45) is 0. The number of hydrogen-bond acceptors (Lipinski definition) is 5. The molecule has 0 aliphatic carbocycles. The Labute approximate surface area is 156 Å². The van der Waals surface area contributed by atoms with Gasteiger partial charge in [-0.3, -0.25) is 4.90 Å². The lowest BCUT2D eigenvalue weighted by Gasteiger charge is -2.21. The van der Waals surface area contributed by atoms with Crippen molar-refractivity contribution in [2.24, 2.45) is 0 Å². The fourth-order valence-corrected chi connectivity index (χ4v) is 3.21. The number of nitrogens with zero attached hydrogens (tertiary/aromatic N) is 1. The molecule has 3 aromatic rings. The molecule has 27 heavy (non-hydrogen) atoms. The van der Waals surface area contributed by atoms with E-state index in [1.54, 1.807) is 31.4 Å². The molecular weight excluding hydrogens is 346 g/mol. The van der Waals surface area contributed by atoms with Crippen LogP contribution in [0.3, 0.4) is 0 Å². The van der Waals surface area contributed by atoms with Crippen LogP contribution in [0.4, 0.5) is 0 Å². The predicted octanol–water partition coefficient (Wildman–Crippen LogP) is 3.59. The number of benzene rings is 3. The zero-order valence-corrected chi connectivity index (χ0v) is 15.1. The van der Waals surface area contributed by atoms with Crippen LogP contribution in [0, 0.1) is 0 Å². The minimum Gasteiger partial charge on any atom is -0.507 e. The first-order valence-electron chi connectivity index (χ1n) is 8.42. The van der Waals surface area contributed by atoms with E-state index in [9.17, 15) is 20.1 Å². The molecule has 0 amide bonds. The number of ether oxygens (including phenoxy) is 1. The largest absolute Gasteiger partial charge is 0.507 e. The molecule has 0 spiro atoms. The van der Waals surface area contributed by atoms with E-state index < -0.39 is 5.97 Å². The number of rotatable bonds is 6. The van der Waals surface area contributed by atoms with Crippen molar-refractivity contribution in [3.05, 3.63) is 65.2 Å². The van der Waals surface area contributed by atoms with Crippen molar-refractivity contribution in [2.75, 3.05) is 14.2 Å². The fourth-order valence-electron chi connectivity index (χ4n) is 3.21. The number of phenols is 2. The van der Waals surface area contributed by atoms with Gasteiger partial charge in [-0.15, -0.1) is 0 Å². The average molecular weight is 367 g/mol. The van der Waals surface area contributed by atoms with E-state index in [1.165, 1.54) is 0 Å². The molecule has 0 unspecified atom stereocenters. The number of hydrogen-bond donors (Lipinski definition) is 3. The van der Waals surface area contributed by atoms with Crippen molar-refractivity contribution in [2.45, 2.75) is 13.1 Å². The van der Waals surface area contributed by atoms with Gasteiger partial charge in [0.2, 0.25) is 0 Å². The lowest BCUT2D eigenvalue weighted by atomic mass is 9.97. The molecule has 0 saturated carbocycles. The standard InChI is InChI=1S/C21H21NO5/c1-22(11-13-7-9-14(27-2)10-8-13)12-17-18(21(25)26)20(24)16-6-4-3-5-15(16)19(17)23/h3-10,23-24H,11-12H2,1-2H3,(H,25,26). The van der Waals surface area contributed by atoms with Crippen LogP contribution in [0.5, 0.6) is 17.2 Å². The van der Waals surface area contributed by atoms with Crippen molar-refractivity contribution in [3.63, 3.8) is 0 Å². The molecular formula is C21H21NO5. The van der Waals surface area contributed by atoms with Gasteiger partial charge in [0.05, 0.1) is 7.11 Å². The molecule has 0 fully saturated rings. The zero-order chi connectivity index (χ0) is 19.6. The molecule has 140 valence electrons. The maximum Gasteiger partial charge on any atom is 0.339 e. The number of methoxy groups -OCH3 is 1. The van der Waals surface area contributed by atoms with Gasteiger partial charge < -0.3 is 20.1 Å². The molecule has 0 aliphatic rings. The third kappa shape index (κ3) is 3.66. The highest BCUT2D eigenvalue weighted by molar-refractivity contribution is 6.05. The highest BCUT2D eigenvalue weighted by Crippen LogP contribution is 2.40. The highest BCUT2D eigenvalue weighted by atomic mass is 16.5. The van der Waals surface area contributed by atoms with Crippen LogP contribution in [0.2, 0.25) is 0 Å². The quantitative estimate of drug-likeness (QED) is 0.577. The van der Waals surface area contributed by atoms with Crippen LogP contribution in [0.1, 0.15) is 21.5 Å². The summed E-state index contributed by atoms with van der Waals surface area (Å²) in [7, 11) is 3.42. The monoisotopic (exact) mass is 367 g/mol. The van der Waals surface area contributed by atoms with Gasteiger partial charge in [0, 0.05) is 29.4 Å². The van der Waals surface area contributed by atoms with Crippen molar-refractivity contribution < 1.29 is 24.9 Å². The number of carbonyl (C=O) groups is 1. The van der Waals surface area contributed by atoms with Gasteiger partial charge in [-0.05, 0) is 24.7 Å². The third-order valence-corrected chi connectivity index (χ3v) is 4.52. The first kappa shape index (κ1) is 18.5. The van der Waals surface area contributed by atoms with E-state index in [2.05, 4.69) is 0 Å². The number of aromatic hydroxyl groups is 2. The predicted molar refractivity (Wildman–Crippen MR) is 102 cm³/mol. The van der Waals surface area contributed by atoms with Crippen LogP contribution < -0.4 is 4.74 Å². The number of aromatic carboxylic acids is 1. The van der Waals surface area contributed by atoms with Crippen LogP contribution in [-0.4, -0.2) is 40.3 Å². The Balaban J connectivity index is 1.96. The summed E-state index contributed by atoms with van der Waals surface area (Å²) in [4.78, 5) is 13.6. The van der Waals surface area contributed by atoms with E-state index in [-0.39, 0.29) is 29.2 Å². The van der Waals surface area contributed by atoms with E-state index in [0.29, 0.717) is 17.3 Å². The molecule has 3 rings (SSSR count). The normalized spacial score (nSPS) is 11.1. The van der Waals surface area contributed by atoms with Crippen molar-refractivity contribution in [1.29, 1.82) is 0 Å². The van der Waals surface area contributed by atoms with Crippen molar-refractivity contribution in [1.82, 2.24) is 4.90 Å². The molecule has 0 aromatic heterocycles. The molecule has 0 heterocycles. The van der Waals surface area contributed by atoms with Crippen LogP contribution in [-0.2, 0) is 13.1 Å². The summed E-state index contributed by atoms with van der Waals surface area (Å²) in [5.41, 5.74) is 0.933. The highest BCUT2D eigenvalue weighted by Gasteiger charge is 2.24. The van der Waals surface area contributed by atoms with Crippen LogP contribution >= 0.6 is 0 Å². The second-order valence-electron chi connectivity index (χ2n) is 6.42. The molecule has 6 nitrogen and oxygen atoms in total. The molecule has 0 radical (unpaired) electrons. The summed E-state index contributed by atoms with van der Waals surface area (Å²) in [6.45, 7) is 0.702. The Morgan fingerprint density at radius 2 is 1.56 bits per heavy atom. The summed E-state index contributed by atoms with van der Waals surface area (Å²) in [5, 5.41) is 31.5. The zero-order valence-electron chi connectivity index (χ0n) is 15.1. The van der Waals surface area contributed by atoms with Crippen molar-refractivity contribution in [3.8, 4) is 17.2 Å². The topological polar surface area (TPSA) is 90.2 Å². The molecule has 3 N–H and O–H groups in total. The number of carboxylic acid groups (broad SMARTS) is 1. The van der Waals surface area contributed by atoms with Crippen LogP contribution in [0.25, 0.3) is 10.8 Å². The SMILES string of the molecule is COc1ccc(CN(C)Cc2c(C(=O)O)c(O)c3ccccc3c2O)cc1. The van der Waals surface area contributed by atoms with E-state index in [4.69, 9.17) is 4.74 Å². The number of fused-ring (bicyclic) bond motifs is 1. The van der Waals surface area contributed by atoms with Gasteiger partial charge in [-0.1, -0.05) is 36.4 Å². The first-order chi connectivity index (χ1) is 12.9. The van der Waals surface area contributed by atoms with Gasteiger partial charge in [-0.2, -0.15) is 0 Å². The summed E-state index contributed by atoms with van der Waals surface area (Å²) in [6, 6.07) is 14.2. The van der Waals surface area contributed by atoms with Gasteiger partial charge in [0.1, 0.15) is 22.8 Å². The second kappa shape index (κ2) is 7.55. The van der Waals surface area contributed by atoms with Gasteiger partial charge >= 0.3 is 5.97 Å².